The third-order valence-corrected chi connectivity index (χ3v) is 3.46. The summed E-state index contributed by atoms with van der Waals surface area (Å²) in [5.74, 6) is 5.59. The van der Waals surface area contributed by atoms with Crippen molar-refractivity contribution in [3.05, 3.63) is 59.2 Å². The Morgan fingerprint density at radius 1 is 1.04 bits per heavy atom. The van der Waals surface area contributed by atoms with Crippen LogP contribution >= 0.6 is 0 Å². The number of rotatable bonds is 3. The lowest BCUT2D eigenvalue weighted by Crippen LogP contribution is -2.13. The van der Waals surface area contributed by atoms with Crippen molar-refractivity contribution in [3.8, 4) is 17.6 Å². The molecule has 142 valence electrons. The van der Waals surface area contributed by atoms with Gasteiger partial charge in [0.05, 0.1) is 12.7 Å². The first-order valence-corrected chi connectivity index (χ1v) is 8.19. The molecule has 0 saturated heterocycles. The Bertz CT molecular complexity index is 883. The highest BCUT2D eigenvalue weighted by molar-refractivity contribution is 6.04. The molecule has 1 N–H and O–H groups in total. The maximum absolute atomic E-state index is 13.0. The average molecular weight is 375 g/mol. The molecule has 0 heterocycles. The number of nitrogens with one attached hydrogen (secondary N) is 1. The maximum atomic E-state index is 13.0. The fourth-order valence-electron chi connectivity index (χ4n) is 2.12. The monoisotopic (exact) mass is 375 g/mol. The number of carbonyl (C=O) groups excluding carboxylic acids is 1. The second-order valence-corrected chi connectivity index (χ2v) is 6.98. The molecule has 0 fully saturated rings. The Morgan fingerprint density at radius 2 is 1.67 bits per heavy atom. The summed E-state index contributed by atoms with van der Waals surface area (Å²) in [5, 5.41) is 2.47. The van der Waals surface area contributed by atoms with Crippen LogP contribution < -0.4 is 10.1 Å². The number of amides is 1. The van der Waals surface area contributed by atoms with Crippen molar-refractivity contribution in [2.45, 2.75) is 26.9 Å². The van der Waals surface area contributed by atoms with Crippen molar-refractivity contribution < 1.29 is 22.7 Å². The van der Waals surface area contributed by atoms with E-state index in [0.29, 0.717) is 5.56 Å². The van der Waals surface area contributed by atoms with Crippen LogP contribution in [0.4, 0.5) is 18.9 Å². The number of hydrogen-bond acceptors (Lipinski definition) is 2. The number of benzene rings is 2. The van der Waals surface area contributed by atoms with Gasteiger partial charge in [-0.2, -0.15) is 13.2 Å². The molecule has 0 spiro atoms. The van der Waals surface area contributed by atoms with Crippen molar-refractivity contribution >= 4 is 11.6 Å². The minimum Gasteiger partial charge on any atom is -0.497 e. The minimum absolute atomic E-state index is 0.00303. The van der Waals surface area contributed by atoms with Gasteiger partial charge in [-0.05, 0) is 57.2 Å². The van der Waals surface area contributed by atoms with E-state index in [4.69, 9.17) is 4.74 Å². The summed E-state index contributed by atoms with van der Waals surface area (Å²) >= 11 is 0. The highest BCUT2D eigenvalue weighted by Crippen LogP contribution is 2.34. The van der Waals surface area contributed by atoms with Crippen LogP contribution in [-0.2, 0) is 6.18 Å². The molecule has 0 aliphatic heterocycles. The van der Waals surface area contributed by atoms with Crippen LogP contribution in [0.3, 0.4) is 0 Å². The van der Waals surface area contributed by atoms with Gasteiger partial charge >= 0.3 is 6.18 Å². The SMILES string of the molecule is COc1cc(NC(=O)c2ccc(C#CC(C)(C)C)cc2)cc(C(F)(F)F)c1. The third kappa shape index (κ3) is 6.07. The molecular formula is C21H20F3NO2. The van der Waals surface area contributed by atoms with Gasteiger partial charge in [-0.1, -0.05) is 11.8 Å². The first-order valence-electron chi connectivity index (χ1n) is 8.19. The fraction of sp³-hybridized carbons (Fsp3) is 0.286. The number of anilines is 1. The van der Waals surface area contributed by atoms with Gasteiger partial charge in [0, 0.05) is 28.3 Å². The first kappa shape index (κ1) is 20.4. The van der Waals surface area contributed by atoms with E-state index in [1.807, 2.05) is 20.8 Å². The number of hydrogen-bond donors (Lipinski definition) is 1. The Balaban J connectivity index is 2.21. The van der Waals surface area contributed by atoms with E-state index < -0.39 is 17.6 Å². The minimum atomic E-state index is -4.54. The standard InChI is InChI=1S/C21H20F3NO2/c1-20(2,3)10-9-14-5-7-15(8-6-14)19(26)25-17-11-16(21(22,23)24)12-18(13-17)27-4/h5-8,11-13H,1-4H3,(H,25,26). The van der Waals surface area contributed by atoms with Crippen LogP contribution in [0.15, 0.2) is 42.5 Å². The van der Waals surface area contributed by atoms with Crippen molar-refractivity contribution in [2.24, 2.45) is 5.41 Å². The van der Waals surface area contributed by atoms with Gasteiger partial charge in [-0.3, -0.25) is 4.79 Å². The average Bonchev–Trinajstić information content (AvgIpc) is 2.58. The predicted octanol–water partition coefficient (Wildman–Crippen LogP) is 5.36. The van der Waals surface area contributed by atoms with Crippen LogP contribution in [-0.4, -0.2) is 13.0 Å². The molecule has 6 heteroatoms. The van der Waals surface area contributed by atoms with Gasteiger partial charge in [0.1, 0.15) is 5.75 Å². The van der Waals surface area contributed by atoms with E-state index in [9.17, 15) is 18.0 Å². The maximum Gasteiger partial charge on any atom is 0.416 e. The third-order valence-electron chi connectivity index (χ3n) is 3.46. The molecule has 2 aromatic carbocycles. The van der Waals surface area contributed by atoms with E-state index >= 15 is 0 Å². The second kappa shape index (κ2) is 7.75. The number of halogens is 3. The molecular weight excluding hydrogens is 355 g/mol. The van der Waals surface area contributed by atoms with Crippen LogP contribution in [0.25, 0.3) is 0 Å². The number of methoxy groups -OCH3 is 1. The Kier molecular flexibility index (Phi) is 5.85. The van der Waals surface area contributed by atoms with Crippen molar-refractivity contribution in [3.63, 3.8) is 0 Å². The van der Waals surface area contributed by atoms with Crippen molar-refractivity contribution in [2.75, 3.05) is 12.4 Å². The summed E-state index contributed by atoms with van der Waals surface area (Å²) in [6.07, 6.45) is -4.54. The Morgan fingerprint density at radius 3 is 2.19 bits per heavy atom. The van der Waals surface area contributed by atoms with Gasteiger partial charge in [-0.15, -0.1) is 0 Å². The summed E-state index contributed by atoms with van der Waals surface area (Å²) in [6.45, 7) is 5.97. The van der Waals surface area contributed by atoms with Gasteiger partial charge in [0.25, 0.3) is 5.91 Å². The highest BCUT2D eigenvalue weighted by Gasteiger charge is 2.31. The molecule has 1 amide bonds. The van der Waals surface area contributed by atoms with Gasteiger partial charge in [0.2, 0.25) is 0 Å². The Labute approximate surface area is 156 Å². The second-order valence-electron chi connectivity index (χ2n) is 6.98. The molecule has 0 bridgehead atoms. The lowest BCUT2D eigenvalue weighted by atomic mass is 9.97. The number of carbonyl (C=O) groups is 1. The molecule has 0 saturated carbocycles. The molecule has 0 unspecified atom stereocenters. The number of alkyl halides is 3. The molecule has 2 aromatic rings. The zero-order chi connectivity index (χ0) is 20.2. The van der Waals surface area contributed by atoms with Gasteiger partial charge in [-0.25, -0.2) is 0 Å². The summed E-state index contributed by atoms with van der Waals surface area (Å²) in [4.78, 5) is 12.3. The number of ether oxygens (including phenoxy) is 1. The molecule has 3 nitrogen and oxygen atoms in total. The first-order chi connectivity index (χ1) is 12.5. The summed E-state index contributed by atoms with van der Waals surface area (Å²) < 4.78 is 43.8. The smallest absolute Gasteiger partial charge is 0.416 e. The predicted molar refractivity (Wildman–Crippen MR) is 98.7 cm³/mol. The zero-order valence-corrected chi connectivity index (χ0v) is 15.5. The molecule has 27 heavy (non-hydrogen) atoms. The molecule has 0 aromatic heterocycles. The largest absolute Gasteiger partial charge is 0.497 e. The molecule has 0 aliphatic carbocycles. The quantitative estimate of drug-likeness (QED) is 0.733. The van der Waals surface area contributed by atoms with Gasteiger partial charge < -0.3 is 10.1 Å². The van der Waals surface area contributed by atoms with Crippen LogP contribution in [0.5, 0.6) is 5.75 Å². The highest BCUT2D eigenvalue weighted by atomic mass is 19.4. The molecule has 0 atom stereocenters. The van der Waals surface area contributed by atoms with E-state index in [1.54, 1.807) is 24.3 Å². The van der Waals surface area contributed by atoms with Crippen molar-refractivity contribution in [1.82, 2.24) is 0 Å². The Hall–Kier alpha value is -2.94. The summed E-state index contributed by atoms with van der Waals surface area (Å²) in [6, 6.07) is 9.61. The topological polar surface area (TPSA) is 38.3 Å². The van der Waals surface area contributed by atoms with Crippen LogP contribution in [0, 0.1) is 17.3 Å². The zero-order valence-electron chi connectivity index (χ0n) is 15.5. The van der Waals surface area contributed by atoms with E-state index in [0.717, 1.165) is 17.7 Å². The lowest BCUT2D eigenvalue weighted by Gasteiger charge is -2.12. The summed E-state index contributed by atoms with van der Waals surface area (Å²) in [7, 11) is 1.26. The molecule has 0 radical (unpaired) electrons. The van der Waals surface area contributed by atoms with E-state index in [-0.39, 0.29) is 16.9 Å². The molecule has 0 aliphatic rings. The molecule has 2 rings (SSSR count). The summed E-state index contributed by atoms with van der Waals surface area (Å²) in [5.41, 5.74) is 0.0293. The van der Waals surface area contributed by atoms with Crippen LogP contribution in [0.1, 0.15) is 42.3 Å². The van der Waals surface area contributed by atoms with E-state index in [2.05, 4.69) is 17.2 Å². The lowest BCUT2D eigenvalue weighted by molar-refractivity contribution is -0.137. The normalized spacial score (nSPS) is 11.4. The van der Waals surface area contributed by atoms with E-state index in [1.165, 1.54) is 13.2 Å². The van der Waals surface area contributed by atoms with Crippen LogP contribution in [0.2, 0.25) is 0 Å². The van der Waals surface area contributed by atoms with Gasteiger partial charge in [0.15, 0.2) is 0 Å². The van der Waals surface area contributed by atoms with Crippen molar-refractivity contribution in [1.29, 1.82) is 0 Å². The fourth-order valence-corrected chi connectivity index (χ4v) is 2.12.